The molecule has 1 rings (SSSR count). The summed E-state index contributed by atoms with van der Waals surface area (Å²) in [4.78, 5) is 0. The predicted octanol–water partition coefficient (Wildman–Crippen LogP) is 3.74. The fourth-order valence-corrected chi connectivity index (χ4v) is 5.20. The molecule has 0 aromatic rings. The molecule has 0 bridgehead atoms. The van der Waals surface area contributed by atoms with Crippen molar-refractivity contribution in [1.82, 2.24) is 0 Å². The van der Waals surface area contributed by atoms with Crippen LogP contribution in [0.5, 0.6) is 0 Å². The molecule has 1 unspecified atom stereocenters. The molecular formula is C8H14Cl3S. The highest BCUT2D eigenvalue weighted by atomic mass is 35.6. The Hall–Kier alpha value is 1.22. The normalized spacial score (nSPS) is 25.5. The number of alkyl halides is 3. The van der Waals surface area contributed by atoms with Gasteiger partial charge in [0.15, 0.2) is 0 Å². The van der Waals surface area contributed by atoms with Crippen LogP contribution in [0.4, 0.5) is 0 Å². The van der Waals surface area contributed by atoms with Gasteiger partial charge in [0.05, 0.1) is 0 Å². The third-order valence-electron chi connectivity index (χ3n) is 2.21. The molecule has 1 fully saturated rings. The van der Waals surface area contributed by atoms with Gasteiger partial charge in [0, 0.05) is 5.25 Å². The second-order valence-electron chi connectivity index (χ2n) is 3.15. The van der Waals surface area contributed by atoms with Gasteiger partial charge in [-0.1, -0.05) is 41.2 Å². The van der Waals surface area contributed by atoms with Crippen LogP contribution in [0.3, 0.4) is 0 Å². The van der Waals surface area contributed by atoms with Gasteiger partial charge in [-0.3, -0.25) is 0 Å². The average molecular weight is 249 g/mol. The van der Waals surface area contributed by atoms with Gasteiger partial charge in [0.25, 0.3) is 0 Å². The molecule has 0 spiro atoms. The molecular weight excluding hydrogens is 235 g/mol. The molecule has 0 aromatic carbocycles. The van der Waals surface area contributed by atoms with E-state index in [-0.39, 0.29) is 16.1 Å². The molecule has 1 saturated heterocycles. The smallest absolute Gasteiger partial charge is 0.200 e. The molecule has 4 heteroatoms. The lowest BCUT2D eigenvalue weighted by Crippen LogP contribution is -2.26. The summed E-state index contributed by atoms with van der Waals surface area (Å²) in [7, 11) is -0.128. The zero-order valence-electron chi connectivity index (χ0n) is 6.90. The minimum Gasteiger partial charge on any atom is -0.247 e. The maximum absolute atomic E-state index is 5.80. The Labute approximate surface area is 92.3 Å². The van der Waals surface area contributed by atoms with Crippen molar-refractivity contribution in [3.05, 3.63) is 6.92 Å². The summed E-state index contributed by atoms with van der Waals surface area (Å²) in [6.07, 6.45) is 3.92. The Morgan fingerprint density at radius 2 is 1.58 bits per heavy atom. The number of rotatable bonds is 1. The maximum Gasteiger partial charge on any atom is 0.200 e. The van der Waals surface area contributed by atoms with Gasteiger partial charge in [-0.15, -0.1) is 0 Å². The van der Waals surface area contributed by atoms with Crippen molar-refractivity contribution in [1.29, 1.82) is 0 Å². The van der Waals surface area contributed by atoms with Gasteiger partial charge >= 0.3 is 0 Å². The van der Waals surface area contributed by atoms with E-state index in [1.807, 2.05) is 0 Å². The van der Waals surface area contributed by atoms with Crippen LogP contribution in [0.25, 0.3) is 0 Å². The fraction of sp³-hybridized carbons (Fsp3) is 0.875. The first kappa shape index (κ1) is 11.3. The van der Waals surface area contributed by atoms with Crippen LogP contribution < -0.4 is 0 Å². The lowest BCUT2D eigenvalue weighted by atomic mass is 10.3. The Morgan fingerprint density at radius 3 is 2.00 bits per heavy atom. The lowest BCUT2D eigenvalue weighted by molar-refractivity contribution is 0.754. The molecule has 1 aliphatic rings. The zero-order valence-corrected chi connectivity index (χ0v) is 10.1. The summed E-state index contributed by atoms with van der Waals surface area (Å²) in [5, 5.41) is 0.0119. The summed E-state index contributed by atoms with van der Waals surface area (Å²) in [6.45, 7) is 3.97. The van der Waals surface area contributed by atoms with Crippen LogP contribution >= 0.6 is 45.7 Å². The van der Waals surface area contributed by atoms with Crippen LogP contribution in [0.1, 0.15) is 19.3 Å². The van der Waals surface area contributed by atoms with Crippen molar-refractivity contribution < 1.29 is 0 Å². The monoisotopic (exact) mass is 247 g/mol. The first-order valence-corrected chi connectivity index (χ1v) is 7.07. The van der Waals surface area contributed by atoms with Crippen LogP contribution in [-0.2, 0) is 0 Å². The van der Waals surface area contributed by atoms with E-state index < -0.39 is 3.79 Å². The molecule has 1 radical (unpaired) electrons. The van der Waals surface area contributed by atoms with Gasteiger partial charge in [-0.25, -0.2) is 10.9 Å². The summed E-state index contributed by atoms with van der Waals surface area (Å²) < 4.78 is -1.15. The largest absolute Gasteiger partial charge is 0.247 e. The Kier molecular flexibility index (Phi) is 4.36. The van der Waals surface area contributed by atoms with Crippen molar-refractivity contribution in [2.75, 3.05) is 11.5 Å². The highest BCUT2D eigenvalue weighted by molar-refractivity contribution is 8.17. The summed E-state index contributed by atoms with van der Waals surface area (Å²) in [5.74, 6) is 2.47. The van der Waals surface area contributed by atoms with Gasteiger partial charge < -0.3 is 0 Å². The maximum atomic E-state index is 5.80. The van der Waals surface area contributed by atoms with Gasteiger partial charge in [-0.2, -0.15) is 0 Å². The van der Waals surface area contributed by atoms with E-state index in [0.29, 0.717) is 0 Å². The van der Waals surface area contributed by atoms with Gasteiger partial charge in [0.1, 0.15) is 0 Å². The Balaban J connectivity index is 2.45. The fourth-order valence-electron chi connectivity index (χ4n) is 1.44. The SMILES string of the molecule is [CH2]C([SH]1CCCCC1)C(Cl)(Cl)Cl. The number of hydrogen-bond acceptors (Lipinski definition) is 0. The molecule has 1 aliphatic heterocycles. The van der Waals surface area contributed by atoms with Crippen molar-refractivity contribution in [2.24, 2.45) is 0 Å². The summed E-state index contributed by atoms with van der Waals surface area (Å²) >= 11 is 17.4. The molecule has 12 heavy (non-hydrogen) atoms. The summed E-state index contributed by atoms with van der Waals surface area (Å²) in [5.41, 5.74) is 0. The second kappa shape index (κ2) is 4.63. The van der Waals surface area contributed by atoms with E-state index in [1.54, 1.807) is 0 Å². The average Bonchev–Trinajstić information content (AvgIpc) is 2.03. The van der Waals surface area contributed by atoms with E-state index in [4.69, 9.17) is 34.8 Å². The molecule has 1 heterocycles. The van der Waals surface area contributed by atoms with Crippen LogP contribution in [0, 0.1) is 6.92 Å². The third-order valence-corrected chi connectivity index (χ3v) is 6.51. The van der Waals surface area contributed by atoms with E-state index in [1.165, 1.54) is 30.8 Å². The second-order valence-corrected chi connectivity index (χ2v) is 8.22. The highest BCUT2D eigenvalue weighted by Gasteiger charge is 2.33. The van der Waals surface area contributed by atoms with Crippen molar-refractivity contribution in [3.8, 4) is 0 Å². The minimum atomic E-state index is -1.15. The van der Waals surface area contributed by atoms with Crippen molar-refractivity contribution >= 4 is 45.7 Å². The third kappa shape index (κ3) is 3.17. The lowest BCUT2D eigenvalue weighted by Gasteiger charge is -2.35. The van der Waals surface area contributed by atoms with Gasteiger partial charge in [0.2, 0.25) is 3.79 Å². The molecule has 0 N–H and O–H groups in total. The standard InChI is InChI=1S/C8H14Cl3S/c1-7(8(9,10)11)12-5-3-2-4-6-12/h7,12H,1-6H2. The molecule has 0 saturated carbocycles. The van der Waals surface area contributed by atoms with Gasteiger partial charge in [-0.05, 0) is 31.3 Å². The highest BCUT2D eigenvalue weighted by Crippen LogP contribution is 2.47. The van der Waals surface area contributed by atoms with Crippen LogP contribution in [-0.4, -0.2) is 20.5 Å². The molecule has 0 nitrogen and oxygen atoms in total. The predicted molar refractivity (Wildman–Crippen MR) is 62.0 cm³/mol. The molecule has 73 valence electrons. The Morgan fingerprint density at radius 1 is 1.08 bits per heavy atom. The number of halogens is 3. The molecule has 0 aliphatic carbocycles. The first-order chi connectivity index (χ1) is 5.52. The van der Waals surface area contributed by atoms with Crippen molar-refractivity contribution in [3.63, 3.8) is 0 Å². The van der Waals surface area contributed by atoms with Crippen molar-refractivity contribution in [2.45, 2.75) is 28.3 Å². The molecule has 0 amide bonds. The quantitative estimate of drug-likeness (QED) is 0.530. The van der Waals surface area contributed by atoms with E-state index in [2.05, 4.69) is 6.92 Å². The number of thiol groups is 1. The molecule has 1 atom stereocenters. The van der Waals surface area contributed by atoms with Crippen LogP contribution in [0.2, 0.25) is 0 Å². The summed E-state index contributed by atoms with van der Waals surface area (Å²) in [6, 6.07) is 0. The zero-order chi connectivity index (χ0) is 9.19. The van der Waals surface area contributed by atoms with E-state index in [0.717, 1.165) is 0 Å². The number of hydrogen-bond donors (Lipinski definition) is 1. The molecule has 0 aromatic heterocycles. The first-order valence-electron chi connectivity index (χ1n) is 4.15. The van der Waals surface area contributed by atoms with E-state index >= 15 is 0 Å². The minimum absolute atomic E-state index is 0.0119. The van der Waals surface area contributed by atoms with E-state index in [9.17, 15) is 0 Å². The topological polar surface area (TPSA) is 0 Å². The Bertz CT molecular complexity index is 138. The van der Waals surface area contributed by atoms with Crippen LogP contribution in [0.15, 0.2) is 0 Å².